The molecule has 1 heterocycles. The summed E-state index contributed by atoms with van der Waals surface area (Å²) >= 11 is 6.09. The third-order valence-corrected chi connectivity index (χ3v) is 3.01. The first-order valence-corrected chi connectivity index (χ1v) is 6.40. The van der Waals surface area contributed by atoms with Crippen LogP contribution in [0.3, 0.4) is 0 Å². The van der Waals surface area contributed by atoms with E-state index in [1.54, 1.807) is 36.0 Å². The minimum Gasteiger partial charge on any atom is -0.462 e. The highest BCUT2D eigenvalue weighted by molar-refractivity contribution is 6.31. The van der Waals surface area contributed by atoms with Crippen LogP contribution in [0.25, 0.3) is 0 Å². The zero-order valence-electron chi connectivity index (χ0n) is 10.8. The van der Waals surface area contributed by atoms with Crippen molar-refractivity contribution in [3.05, 3.63) is 52.3 Å². The van der Waals surface area contributed by atoms with Crippen molar-refractivity contribution in [1.29, 1.82) is 5.26 Å². The van der Waals surface area contributed by atoms with Crippen LogP contribution in [0, 0.1) is 11.3 Å². The first-order valence-electron chi connectivity index (χ1n) is 6.02. The van der Waals surface area contributed by atoms with Crippen molar-refractivity contribution in [2.75, 3.05) is 6.61 Å². The Morgan fingerprint density at radius 3 is 3.00 bits per heavy atom. The number of nitriles is 1. The summed E-state index contributed by atoms with van der Waals surface area (Å²) in [6.45, 7) is 2.49. The highest BCUT2D eigenvalue weighted by atomic mass is 35.5. The van der Waals surface area contributed by atoms with Crippen LogP contribution in [0.15, 0.2) is 30.6 Å². The van der Waals surface area contributed by atoms with Gasteiger partial charge in [0.15, 0.2) is 0 Å². The molecule has 0 saturated carbocycles. The van der Waals surface area contributed by atoms with Gasteiger partial charge < -0.3 is 4.74 Å². The Bertz CT molecular complexity index is 673. The number of carbonyl (C=O) groups excluding carboxylic acids is 1. The molecular weight excluding hydrogens is 278 g/mol. The summed E-state index contributed by atoms with van der Waals surface area (Å²) < 4.78 is 6.49. The van der Waals surface area contributed by atoms with Gasteiger partial charge in [0.2, 0.25) is 0 Å². The number of nitrogens with zero attached hydrogens (tertiary/aromatic N) is 3. The van der Waals surface area contributed by atoms with Gasteiger partial charge >= 0.3 is 5.97 Å². The van der Waals surface area contributed by atoms with Crippen LogP contribution in [-0.4, -0.2) is 22.4 Å². The Morgan fingerprint density at radius 2 is 2.35 bits per heavy atom. The Morgan fingerprint density at radius 1 is 1.55 bits per heavy atom. The van der Waals surface area contributed by atoms with Crippen molar-refractivity contribution in [3.63, 3.8) is 0 Å². The van der Waals surface area contributed by atoms with E-state index in [1.165, 1.54) is 6.20 Å². The highest BCUT2D eigenvalue weighted by Gasteiger charge is 2.10. The molecule has 5 nitrogen and oxygen atoms in total. The fourth-order valence-electron chi connectivity index (χ4n) is 1.69. The van der Waals surface area contributed by atoms with Crippen LogP contribution >= 0.6 is 11.6 Å². The Kier molecular flexibility index (Phi) is 4.38. The van der Waals surface area contributed by atoms with Crippen molar-refractivity contribution in [2.45, 2.75) is 13.5 Å². The summed E-state index contributed by atoms with van der Waals surface area (Å²) in [4.78, 5) is 11.5. The number of halogens is 1. The standard InChI is InChI=1S/C14H12ClN3O2/c1-2-20-14(19)12-7-17-18(9-12)8-11-4-3-10(6-16)5-13(11)15/h3-5,7,9H,2,8H2,1H3. The summed E-state index contributed by atoms with van der Waals surface area (Å²) in [5, 5.41) is 13.4. The highest BCUT2D eigenvalue weighted by Crippen LogP contribution is 2.18. The third kappa shape index (κ3) is 3.16. The first kappa shape index (κ1) is 14.1. The molecule has 0 saturated heterocycles. The van der Waals surface area contributed by atoms with E-state index in [1.807, 2.05) is 6.07 Å². The van der Waals surface area contributed by atoms with Gasteiger partial charge in [0, 0.05) is 11.2 Å². The number of hydrogen-bond acceptors (Lipinski definition) is 4. The van der Waals surface area contributed by atoms with Gasteiger partial charge in [0.25, 0.3) is 0 Å². The number of carbonyl (C=O) groups is 1. The van der Waals surface area contributed by atoms with E-state index in [-0.39, 0.29) is 0 Å². The maximum Gasteiger partial charge on any atom is 0.341 e. The Labute approximate surface area is 121 Å². The number of benzene rings is 1. The number of aromatic nitrogens is 2. The van der Waals surface area contributed by atoms with E-state index in [9.17, 15) is 4.79 Å². The molecule has 0 spiro atoms. The predicted molar refractivity (Wildman–Crippen MR) is 73.5 cm³/mol. The quantitative estimate of drug-likeness (QED) is 0.812. The molecule has 1 aromatic carbocycles. The monoisotopic (exact) mass is 289 g/mol. The average Bonchev–Trinajstić information content (AvgIpc) is 2.90. The topological polar surface area (TPSA) is 67.9 Å². The SMILES string of the molecule is CCOC(=O)c1cnn(Cc2ccc(C#N)cc2Cl)c1. The maximum atomic E-state index is 11.5. The summed E-state index contributed by atoms with van der Waals surface area (Å²) in [6.07, 6.45) is 3.06. The number of esters is 1. The van der Waals surface area contributed by atoms with E-state index in [4.69, 9.17) is 21.6 Å². The molecule has 0 radical (unpaired) electrons. The normalized spacial score (nSPS) is 10.1. The van der Waals surface area contributed by atoms with Crippen LogP contribution in [-0.2, 0) is 11.3 Å². The summed E-state index contributed by atoms with van der Waals surface area (Å²) in [6, 6.07) is 7.09. The van der Waals surface area contributed by atoms with Gasteiger partial charge in [-0.3, -0.25) is 4.68 Å². The molecule has 6 heteroatoms. The zero-order chi connectivity index (χ0) is 14.5. The van der Waals surface area contributed by atoms with Crippen molar-refractivity contribution in [2.24, 2.45) is 0 Å². The molecule has 1 aromatic heterocycles. The van der Waals surface area contributed by atoms with Gasteiger partial charge in [-0.15, -0.1) is 0 Å². The molecule has 0 atom stereocenters. The van der Waals surface area contributed by atoms with Crippen LogP contribution in [0.2, 0.25) is 5.02 Å². The molecule has 2 rings (SSSR count). The summed E-state index contributed by atoms with van der Waals surface area (Å²) in [7, 11) is 0. The Balaban J connectivity index is 2.15. The molecule has 2 aromatic rings. The average molecular weight is 290 g/mol. The van der Waals surface area contributed by atoms with Crippen molar-refractivity contribution < 1.29 is 9.53 Å². The predicted octanol–water partition coefficient (Wildman–Crippen LogP) is 2.63. The van der Waals surface area contributed by atoms with Crippen LogP contribution in [0.1, 0.15) is 28.4 Å². The molecule has 0 amide bonds. The van der Waals surface area contributed by atoms with Gasteiger partial charge in [-0.1, -0.05) is 17.7 Å². The van der Waals surface area contributed by atoms with Gasteiger partial charge in [0.05, 0.1) is 36.5 Å². The second-order valence-corrected chi connectivity index (χ2v) is 4.47. The van der Waals surface area contributed by atoms with Crippen molar-refractivity contribution in [3.8, 4) is 6.07 Å². The zero-order valence-corrected chi connectivity index (χ0v) is 11.6. The summed E-state index contributed by atoms with van der Waals surface area (Å²) in [5.74, 6) is -0.398. The smallest absolute Gasteiger partial charge is 0.341 e. The van der Waals surface area contributed by atoms with Gasteiger partial charge in [-0.25, -0.2) is 4.79 Å². The van der Waals surface area contributed by atoms with Crippen LogP contribution in [0.5, 0.6) is 0 Å². The van der Waals surface area contributed by atoms with Crippen molar-refractivity contribution in [1.82, 2.24) is 9.78 Å². The first-order chi connectivity index (χ1) is 9.63. The molecule has 0 aliphatic carbocycles. The second kappa shape index (κ2) is 6.22. The molecule has 0 bridgehead atoms. The molecule has 0 aliphatic rings. The lowest BCUT2D eigenvalue weighted by molar-refractivity contribution is 0.0526. The van der Waals surface area contributed by atoms with Gasteiger partial charge in [-0.05, 0) is 24.6 Å². The van der Waals surface area contributed by atoms with Gasteiger partial charge in [-0.2, -0.15) is 10.4 Å². The van der Waals surface area contributed by atoms with Gasteiger partial charge in [0.1, 0.15) is 0 Å². The fraction of sp³-hybridized carbons (Fsp3) is 0.214. The lowest BCUT2D eigenvalue weighted by Crippen LogP contribution is -2.04. The largest absolute Gasteiger partial charge is 0.462 e. The van der Waals surface area contributed by atoms with E-state index >= 15 is 0 Å². The van der Waals surface area contributed by atoms with Crippen LogP contribution in [0.4, 0.5) is 0 Å². The lowest BCUT2D eigenvalue weighted by Gasteiger charge is -2.04. The maximum absolute atomic E-state index is 11.5. The van der Waals surface area contributed by atoms with E-state index in [2.05, 4.69) is 5.10 Å². The minimum absolute atomic E-state index is 0.325. The molecule has 0 N–H and O–H groups in total. The minimum atomic E-state index is -0.398. The van der Waals surface area contributed by atoms with E-state index < -0.39 is 5.97 Å². The number of rotatable bonds is 4. The second-order valence-electron chi connectivity index (χ2n) is 4.07. The summed E-state index contributed by atoms with van der Waals surface area (Å²) in [5.41, 5.74) is 1.73. The fourth-order valence-corrected chi connectivity index (χ4v) is 1.93. The molecular formula is C14H12ClN3O2. The third-order valence-electron chi connectivity index (χ3n) is 2.66. The molecule has 0 unspecified atom stereocenters. The molecule has 102 valence electrons. The van der Waals surface area contributed by atoms with E-state index in [0.29, 0.717) is 29.3 Å². The molecule has 0 fully saturated rings. The molecule has 20 heavy (non-hydrogen) atoms. The molecule has 0 aliphatic heterocycles. The van der Waals surface area contributed by atoms with Crippen molar-refractivity contribution >= 4 is 17.6 Å². The number of hydrogen-bond donors (Lipinski definition) is 0. The Hall–Kier alpha value is -2.32. The van der Waals surface area contributed by atoms with E-state index in [0.717, 1.165) is 5.56 Å². The van der Waals surface area contributed by atoms with Crippen LogP contribution < -0.4 is 0 Å². The number of ether oxygens (including phenoxy) is 1. The lowest BCUT2D eigenvalue weighted by atomic mass is 10.1.